The van der Waals surface area contributed by atoms with Gasteiger partial charge >= 0.3 is 12.1 Å². The van der Waals surface area contributed by atoms with Crippen molar-refractivity contribution in [2.75, 3.05) is 69.3 Å². The molecule has 20 nitrogen and oxygen atoms in total. The maximum atomic E-state index is 17.2. The van der Waals surface area contributed by atoms with E-state index in [1.807, 2.05) is 101 Å². The second-order valence-electron chi connectivity index (χ2n) is 24.2. The predicted molar refractivity (Wildman–Crippen MR) is 322 cm³/mol. The van der Waals surface area contributed by atoms with Gasteiger partial charge in [0.1, 0.15) is 48.0 Å². The van der Waals surface area contributed by atoms with E-state index in [4.69, 9.17) is 28.9 Å². The fraction of sp³-hybridized carbons (Fsp3) is 0.492. The lowest BCUT2D eigenvalue weighted by atomic mass is 9.91. The maximum Gasteiger partial charge on any atom is 0.410 e. The summed E-state index contributed by atoms with van der Waals surface area (Å²) in [5.74, 6) is -0.766. The summed E-state index contributed by atoms with van der Waals surface area (Å²) >= 11 is 1.58. The Hall–Kier alpha value is -7.53. The summed E-state index contributed by atoms with van der Waals surface area (Å²) in [4.78, 5) is 71.6. The predicted octanol–water partition coefficient (Wildman–Crippen LogP) is 8.38. The van der Waals surface area contributed by atoms with Crippen LogP contribution in [0.4, 0.5) is 20.8 Å². The second kappa shape index (κ2) is 24.1. The molecule has 85 heavy (non-hydrogen) atoms. The average molecular weight is 1180 g/mol. The number of likely N-dealkylation sites (N-methyl/N-ethyl adjacent to an activating group) is 1. The van der Waals surface area contributed by atoms with E-state index in [1.54, 1.807) is 40.6 Å². The number of ether oxygens (including phenoxy) is 2. The number of carbonyl (C=O) groups excluding carboxylic acids is 3. The van der Waals surface area contributed by atoms with Crippen molar-refractivity contribution in [3.8, 4) is 33.5 Å². The number of amides is 3. The van der Waals surface area contributed by atoms with E-state index in [0.29, 0.717) is 79.6 Å². The van der Waals surface area contributed by atoms with Crippen molar-refractivity contribution in [1.29, 1.82) is 0 Å². The third kappa shape index (κ3) is 11.6. The van der Waals surface area contributed by atoms with Crippen molar-refractivity contribution in [3.63, 3.8) is 0 Å². The van der Waals surface area contributed by atoms with Crippen molar-refractivity contribution >= 4 is 62.6 Å². The number of aliphatic hydroxyl groups is 1. The van der Waals surface area contributed by atoms with E-state index in [-0.39, 0.29) is 91.0 Å². The Morgan fingerprint density at radius 1 is 0.918 bits per heavy atom. The highest BCUT2D eigenvalue weighted by Gasteiger charge is 2.44. The Balaban J connectivity index is 0.659. The number of likely N-dealkylation sites (tertiary alicyclic amines) is 2. The molecular formula is C63H75FN12O8S. The second-order valence-corrected chi connectivity index (χ2v) is 25.0. The molecule has 5 saturated heterocycles. The molecule has 7 aromatic rings. The highest BCUT2D eigenvalue weighted by atomic mass is 32.1. The number of fused-ring (bicyclic) bond motifs is 4. The number of phenols is 1. The summed E-state index contributed by atoms with van der Waals surface area (Å²) in [7, 11) is 1.99. The van der Waals surface area contributed by atoms with Crippen LogP contribution in [0.3, 0.4) is 0 Å². The first-order chi connectivity index (χ1) is 41.0. The van der Waals surface area contributed by atoms with E-state index in [1.165, 1.54) is 4.90 Å². The molecule has 5 aliphatic heterocycles. The van der Waals surface area contributed by atoms with Gasteiger partial charge in [-0.3, -0.25) is 19.5 Å². The molecule has 5 aliphatic rings. The molecule has 3 aromatic carbocycles. The fourth-order valence-corrected chi connectivity index (χ4v) is 14.3. The number of phenolic OH excluding ortho intramolecular Hbond substituents is 1. The normalized spacial score (nSPS) is 23.3. The third-order valence-electron chi connectivity index (χ3n) is 18.2. The van der Waals surface area contributed by atoms with E-state index >= 15 is 4.39 Å². The number of aromatic hydroxyl groups is 1. The summed E-state index contributed by atoms with van der Waals surface area (Å²) in [6.45, 7) is 14.8. The molecule has 4 N–H and O–H groups in total. The molecule has 448 valence electrons. The number of aromatic nitrogens is 5. The number of piperazine rings is 2. The summed E-state index contributed by atoms with van der Waals surface area (Å²) in [6.07, 6.45) is 4.84. The Morgan fingerprint density at radius 3 is 2.40 bits per heavy atom. The van der Waals surface area contributed by atoms with Crippen LogP contribution in [0.15, 0.2) is 76.9 Å². The van der Waals surface area contributed by atoms with Gasteiger partial charge in [-0.15, -0.1) is 11.3 Å². The molecule has 0 spiro atoms. The van der Waals surface area contributed by atoms with E-state index in [2.05, 4.69) is 30.6 Å². The number of hydrogen-bond donors (Lipinski definition) is 4. The Labute approximate surface area is 497 Å². The minimum absolute atomic E-state index is 0.0164. The SMILES string of the molecule is CCc1cccc2cc(O)cc(-c3ncc4c(N5CC6CCC(C5)N6)nc(OC[C@@H]5CC[C@@H](COC(=O)N6CCN(c7cc([C@@H](C(=O)N8C[C@H](O)C[C@H]8C(=O)N[C@@H](C)c8ccc(-c9scnc9C)cc8)C(C)C)on7)C[C@@H]6C)N5C)nc4c3F)c12. The molecule has 4 aromatic heterocycles. The van der Waals surface area contributed by atoms with E-state index in [0.717, 1.165) is 63.7 Å². The average Bonchev–Trinajstić information content (AvgIpc) is 1.87. The largest absolute Gasteiger partial charge is 0.508 e. The van der Waals surface area contributed by atoms with Crippen LogP contribution < -0.4 is 25.2 Å². The lowest BCUT2D eigenvalue weighted by Crippen LogP contribution is -2.54. The van der Waals surface area contributed by atoms with Gasteiger partial charge in [0.15, 0.2) is 17.4 Å². The number of nitrogens with zero attached hydrogens (tertiary/aromatic N) is 10. The molecule has 9 atom stereocenters. The lowest BCUT2D eigenvalue weighted by Gasteiger charge is -2.39. The molecule has 0 radical (unpaired) electrons. The van der Waals surface area contributed by atoms with Crippen LogP contribution in [-0.4, -0.2) is 170 Å². The van der Waals surface area contributed by atoms with Crippen LogP contribution in [0.5, 0.6) is 11.8 Å². The maximum absolute atomic E-state index is 17.2. The van der Waals surface area contributed by atoms with Gasteiger partial charge in [-0.25, -0.2) is 14.2 Å². The number of thiazole rings is 1. The Morgan fingerprint density at radius 2 is 1.68 bits per heavy atom. The molecule has 2 unspecified atom stereocenters. The first-order valence-electron chi connectivity index (χ1n) is 29.9. The number of nitrogens with one attached hydrogen (secondary N) is 2. The molecule has 2 bridgehead atoms. The molecule has 12 rings (SSSR count). The van der Waals surface area contributed by atoms with Gasteiger partial charge < -0.3 is 54.4 Å². The van der Waals surface area contributed by atoms with Crippen molar-refractivity contribution < 1.29 is 43.0 Å². The van der Waals surface area contributed by atoms with Crippen molar-refractivity contribution in [2.45, 2.75) is 134 Å². The number of hydrogen-bond acceptors (Lipinski definition) is 18. The van der Waals surface area contributed by atoms with Crippen molar-refractivity contribution in [1.82, 2.24) is 50.4 Å². The van der Waals surface area contributed by atoms with E-state index in [9.17, 15) is 24.6 Å². The number of β-amino-alcohol motifs (C(OH)–C–C–N with tert-alkyl or cyclic N) is 1. The quantitative estimate of drug-likeness (QED) is 0.0712. The first kappa shape index (κ1) is 57.9. The van der Waals surface area contributed by atoms with Crippen molar-refractivity contribution in [3.05, 3.63) is 101 Å². The number of pyridine rings is 1. The number of rotatable bonds is 16. The van der Waals surface area contributed by atoms with Gasteiger partial charge in [-0.05, 0) is 105 Å². The van der Waals surface area contributed by atoms with Gasteiger partial charge in [0.2, 0.25) is 11.8 Å². The summed E-state index contributed by atoms with van der Waals surface area (Å²) in [5.41, 5.74) is 6.45. The van der Waals surface area contributed by atoms with E-state index < -0.39 is 30.0 Å². The van der Waals surface area contributed by atoms with Gasteiger partial charge in [-0.1, -0.05) is 68.4 Å². The van der Waals surface area contributed by atoms with Crippen molar-refractivity contribution in [2.24, 2.45) is 5.92 Å². The number of benzene rings is 3. The molecule has 0 saturated carbocycles. The van der Waals surface area contributed by atoms with Crippen LogP contribution in [0, 0.1) is 18.7 Å². The van der Waals surface area contributed by atoms with Gasteiger partial charge in [0, 0.05) is 93.7 Å². The molecule has 0 aliphatic carbocycles. The summed E-state index contributed by atoms with van der Waals surface area (Å²) in [5, 5.41) is 34.9. The van der Waals surface area contributed by atoms with Gasteiger partial charge in [0.25, 0.3) is 0 Å². The Bertz CT molecular complexity index is 3610. The number of aliphatic hydroxyl groups excluding tert-OH is 1. The van der Waals surface area contributed by atoms with Crippen LogP contribution >= 0.6 is 11.3 Å². The van der Waals surface area contributed by atoms with Crippen LogP contribution in [0.1, 0.15) is 101 Å². The smallest absolute Gasteiger partial charge is 0.410 e. The number of aryl methyl sites for hydroxylation is 2. The zero-order valence-electron chi connectivity index (χ0n) is 49.2. The standard InChI is InChI=1S/C63H75FN12O8S/c1-8-38-10-9-11-41-22-46(77)23-48(54(38)41)56-55(64)57-49(26-65-56)59(74-28-42-16-17-43(29-74)68-42)70-62(69-57)82-31-44-18-19-45(72(44)7)32-83-63(81)75-21-20-73(27-35(75)4)52-25-51(84-71-52)53(34(2)3)61(80)76-30-47(78)24-50(76)60(79)67-36(5)39-12-14-40(15-13-39)58-37(6)66-33-85-58/h9-15,22-23,25-26,33-36,42-45,47,50,53,68,77-78H,8,16-21,24,27-32H2,1-7H3,(H,67,79)/t35-,36-,42?,43?,44-,45-,47+,50-,53-/m0/s1. The highest BCUT2D eigenvalue weighted by Crippen LogP contribution is 2.40. The number of anilines is 2. The summed E-state index contributed by atoms with van der Waals surface area (Å²) in [6, 6.07) is 17.9. The first-order valence-corrected chi connectivity index (χ1v) is 30.8. The zero-order valence-corrected chi connectivity index (χ0v) is 50.0. The Kier molecular flexibility index (Phi) is 16.4. The van der Waals surface area contributed by atoms with Crippen LogP contribution in [0.25, 0.3) is 43.4 Å². The molecule has 5 fully saturated rings. The molecule has 9 heterocycles. The minimum atomic E-state index is -0.870. The monoisotopic (exact) mass is 1180 g/mol. The number of carbonyl (C=O) groups is 3. The lowest BCUT2D eigenvalue weighted by molar-refractivity contribution is -0.141. The highest BCUT2D eigenvalue weighted by molar-refractivity contribution is 7.13. The number of halogens is 1. The minimum Gasteiger partial charge on any atom is -0.508 e. The van der Waals surface area contributed by atoms with Gasteiger partial charge in [0.05, 0.1) is 33.6 Å². The molecular weight excluding hydrogens is 1100 g/mol. The molecule has 3 amide bonds. The van der Waals surface area contributed by atoms with Crippen LogP contribution in [-0.2, 0) is 20.7 Å². The topological polar surface area (TPSA) is 228 Å². The van der Waals surface area contributed by atoms with Crippen LogP contribution in [0.2, 0.25) is 0 Å². The summed E-state index contributed by atoms with van der Waals surface area (Å²) < 4.78 is 35.6. The zero-order chi connectivity index (χ0) is 59.4. The third-order valence-corrected chi connectivity index (χ3v) is 19.2. The van der Waals surface area contributed by atoms with Gasteiger partial charge in [-0.2, -0.15) is 9.97 Å². The fourth-order valence-electron chi connectivity index (χ4n) is 13.5. The molecule has 22 heteroatoms.